The zero-order valence-electron chi connectivity index (χ0n) is 7.46. The highest BCUT2D eigenvalue weighted by Crippen LogP contribution is 2.18. The van der Waals surface area contributed by atoms with Crippen molar-refractivity contribution in [2.75, 3.05) is 13.2 Å². The van der Waals surface area contributed by atoms with E-state index in [0.717, 1.165) is 26.1 Å². The fourth-order valence-corrected chi connectivity index (χ4v) is 1.66. The average molecular weight is 170 g/mol. The Labute approximate surface area is 73.9 Å². The van der Waals surface area contributed by atoms with E-state index >= 15 is 0 Å². The largest absolute Gasteiger partial charge is 0.381 e. The topological polar surface area (TPSA) is 47.3 Å². The fourth-order valence-electron chi connectivity index (χ4n) is 1.66. The first-order valence-corrected chi connectivity index (χ1v) is 4.53. The van der Waals surface area contributed by atoms with Crippen LogP contribution in [-0.4, -0.2) is 19.3 Å². The summed E-state index contributed by atoms with van der Waals surface area (Å²) in [6.45, 7) is 5.45. The summed E-state index contributed by atoms with van der Waals surface area (Å²) in [5, 5.41) is 0. The maximum Gasteiger partial charge on any atom is 0.0509 e. The Bertz CT molecular complexity index is 132. The van der Waals surface area contributed by atoms with Gasteiger partial charge < -0.3 is 4.74 Å². The molecule has 0 saturated carbocycles. The van der Waals surface area contributed by atoms with Crippen LogP contribution in [0.1, 0.15) is 19.3 Å². The van der Waals surface area contributed by atoms with Gasteiger partial charge >= 0.3 is 0 Å². The fraction of sp³-hybridized carbons (Fsp3) is 0.778. The molecule has 3 nitrogen and oxygen atoms in total. The van der Waals surface area contributed by atoms with Gasteiger partial charge in [-0.1, -0.05) is 6.08 Å². The summed E-state index contributed by atoms with van der Waals surface area (Å²) < 4.78 is 5.38. The summed E-state index contributed by atoms with van der Waals surface area (Å²) in [4.78, 5) is 0. The zero-order chi connectivity index (χ0) is 8.81. The first kappa shape index (κ1) is 9.71. The van der Waals surface area contributed by atoms with E-state index in [1.54, 1.807) is 0 Å². The zero-order valence-corrected chi connectivity index (χ0v) is 7.46. The van der Waals surface area contributed by atoms with E-state index in [0.29, 0.717) is 12.0 Å². The molecule has 0 aromatic rings. The molecule has 3 N–H and O–H groups in total. The normalized spacial score (nSPS) is 26.6. The summed E-state index contributed by atoms with van der Waals surface area (Å²) in [6, 6.07) is 0.336. The molecule has 0 amide bonds. The van der Waals surface area contributed by atoms with E-state index in [9.17, 15) is 0 Å². The molecule has 2 unspecified atom stereocenters. The van der Waals surface area contributed by atoms with Crippen LogP contribution in [0.25, 0.3) is 0 Å². The lowest BCUT2D eigenvalue weighted by molar-refractivity contribution is 0.0397. The van der Waals surface area contributed by atoms with Crippen LogP contribution < -0.4 is 11.3 Å². The van der Waals surface area contributed by atoms with Gasteiger partial charge in [-0.2, -0.15) is 0 Å². The van der Waals surface area contributed by atoms with Crippen LogP contribution in [0, 0.1) is 5.92 Å². The molecule has 12 heavy (non-hydrogen) atoms. The standard InChI is InChI=1S/C9H18N2O/c1-2-4-9(11-10)8-5-3-6-12-7-8/h2,8-9,11H,1,3-7,10H2. The minimum Gasteiger partial charge on any atom is -0.381 e. The van der Waals surface area contributed by atoms with Crippen molar-refractivity contribution in [1.29, 1.82) is 0 Å². The van der Waals surface area contributed by atoms with Crippen molar-refractivity contribution in [2.24, 2.45) is 11.8 Å². The van der Waals surface area contributed by atoms with Crippen molar-refractivity contribution >= 4 is 0 Å². The van der Waals surface area contributed by atoms with Gasteiger partial charge in [0.25, 0.3) is 0 Å². The second-order valence-corrected chi connectivity index (χ2v) is 3.27. The summed E-state index contributed by atoms with van der Waals surface area (Å²) in [5.41, 5.74) is 2.82. The molecule has 0 spiro atoms. The van der Waals surface area contributed by atoms with Crippen molar-refractivity contribution in [3.05, 3.63) is 12.7 Å². The van der Waals surface area contributed by atoms with E-state index in [1.165, 1.54) is 6.42 Å². The molecule has 3 heteroatoms. The van der Waals surface area contributed by atoms with E-state index < -0.39 is 0 Å². The third kappa shape index (κ3) is 2.59. The van der Waals surface area contributed by atoms with Gasteiger partial charge in [0.15, 0.2) is 0 Å². The summed E-state index contributed by atoms with van der Waals surface area (Å²) >= 11 is 0. The second-order valence-electron chi connectivity index (χ2n) is 3.27. The Morgan fingerprint density at radius 3 is 3.08 bits per heavy atom. The van der Waals surface area contributed by atoms with Crippen LogP contribution in [-0.2, 0) is 4.74 Å². The Hall–Kier alpha value is -0.380. The number of nitrogens with one attached hydrogen (secondary N) is 1. The summed E-state index contributed by atoms with van der Waals surface area (Å²) in [7, 11) is 0. The van der Waals surface area contributed by atoms with Crippen LogP contribution in [0.15, 0.2) is 12.7 Å². The smallest absolute Gasteiger partial charge is 0.0509 e. The number of hydrazine groups is 1. The van der Waals surface area contributed by atoms with Gasteiger partial charge in [-0.3, -0.25) is 11.3 Å². The van der Waals surface area contributed by atoms with Crippen LogP contribution in [0.3, 0.4) is 0 Å². The molecule has 1 saturated heterocycles. The minimum absolute atomic E-state index is 0.336. The molecule has 1 fully saturated rings. The predicted octanol–water partition coefficient (Wildman–Crippen LogP) is 0.821. The van der Waals surface area contributed by atoms with Gasteiger partial charge in [0, 0.05) is 12.6 Å². The molecule has 0 aliphatic carbocycles. The molecule has 70 valence electrons. The average Bonchev–Trinajstić information content (AvgIpc) is 2.15. The summed E-state index contributed by atoms with van der Waals surface area (Å²) in [6.07, 6.45) is 5.19. The van der Waals surface area contributed by atoms with Crippen molar-refractivity contribution in [3.63, 3.8) is 0 Å². The van der Waals surface area contributed by atoms with Crippen LogP contribution in [0.5, 0.6) is 0 Å². The van der Waals surface area contributed by atoms with Gasteiger partial charge in [0.1, 0.15) is 0 Å². The minimum atomic E-state index is 0.336. The highest BCUT2D eigenvalue weighted by molar-refractivity contribution is 4.83. The molecule has 0 aromatic carbocycles. The van der Waals surface area contributed by atoms with Gasteiger partial charge in [-0.05, 0) is 25.2 Å². The first-order valence-electron chi connectivity index (χ1n) is 4.53. The molecule has 1 rings (SSSR count). The lowest BCUT2D eigenvalue weighted by Crippen LogP contribution is -2.43. The molecule has 1 aliphatic rings. The number of hydrogen-bond donors (Lipinski definition) is 2. The van der Waals surface area contributed by atoms with Crippen molar-refractivity contribution in [2.45, 2.75) is 25.3 Å². The number of rotatable bonds is 4. The third-order valence-corrected chi connectivity index (χ3v) is 2.40. The maximum atomic E-state index is 5.44. The molecule has 2 atom stereocenters. The van der Waals surface area contributed by atoms with Gasteiger partial charge in [-0.25, -0.2) is 0 Å². The predicted molar refractivity (Wildman–Crippen MR) is 49.5 cm³/mol. The number of nitrogens with two attached hydrogens (primary N) is 1. The van der Waals surface area contributed by atoms with Crippen LogP contribution >= 0.6 is 0 Å². The number of ether oxygens (including phenoxy) is 1. The Balaban J connectivity index is 2.34. The van der Waals surface area contributed by atoms with Gasteiger partial charge in [0.05, 0.1) is 6.61 Å². The lowest BCUT2D eigenvalue weighted by atomic mass is 9.92. The van der Waals surface area contributed by atoms with E-state index in [2.05, 4.69) is 12.0 Å². The van der Waals surface area contributed by atoms with Crippen LogP contribution in [0.4, 0.5) is 0 Å². The molecular weight excluding hydrogens is 152 g/mol. The maximum absolute atomic E-state index is 5.44. The van der Waals surface area contributed by atoms with Crippen molar-refractivity contribution < 1.29 is 4.74 Å². The van der Waals surface area contributed by atoms with E-state index in [-0.39, 0.29) is 0 Å². The molecule has 0 bridgehead atoms. The molecule has 1 heterocycles. The SMILES string of the molecule is C=CCC(NN)C1CCCOC1. The Morgan fingerprint density at radius 1 is 1.75 bits per heavy atom. The highest BCUT2D eigenvalue weighted by atomic mass is 16.5. The quantitative estimate of drug-likeness (QED) is 0.373. The Kier molecular flexibility index (Phi) is 4.29. The highest BCUT2D eigenvalue weighted by Gasteiger charge is 2.21. The molecule has 0 aromatic heterocycles. The van der Waals surface area contributed by atoms with Crippen LogP contribution in [0.2, 0.25) is 0 Å². The van der Waals surface area contributed by atoms with Crippen molar-refractivity contribution in [3.8, 4) is 0 Å². The molecule has 0 radical (unpaired) electrons. The van der Waals surface area contributed by atoms with Gasteiger partial charge in [0.2, 0.25) is 0 Å². The second kappa shape index (κ2) is 5.30. The number of hydrogen-bond acceptors (Lipinski definition) is 3. The first-order chi connectivity index (χ1) is 5.88. The third-order valence-electron chi connectivity index (χ3n) is 2.40. The van der Waals surface area contributed by atoms with E-state index in [4.69, 9.17) is 10.6 Å². The monoisotopic (exact) mass is 170 g/mol. The lowest BCUT2D eigenvalue weighted by Gasteiger charge is -2.28. The summed E-state index contributed by atoms with van der Waals surface area (Å²) in [5.74, 6) is 5.99. The molecule has 1 aliphatic heterocycles. The van der Waals surface area contributed by atoms with Crippen molar-refractivity contribution in [1.82, 2.24) is 5.43 Å². The Morgan fingerprint density at radius 2 is 2.58 bits per heavy atom. The van der Waals surface area contributed by atoms with E-state index in [1.807, 2.05) is 6.08 Å². The van der Waals surface area contributed by atoms with Gasteiger partial charge in [-0.15, -0.1) is 6.58 Å². The molecular formula is C9H18N2O.